The van der Waals surface area contributed by atoms with Gasteiger partial charge in [0.1, 0.15) is 10.8 Å². The molecule has 0 aliphatic carbocycles. The Balaban J connectivity index is 1.83. The molecule has 12 heteroatoms. The van der Waals surface area contributed by atoms with Crippen LogP contribution in [0.5, 0.6) is 5.75 Å². The van der Waals surface area contributed by atoms with E-state index >= 15 is 0 Å². The van der Waals surface area contributed by atoms with Crippen LogP contribution < -0.4 is 26.0 Å². The van der Waals surface area contributed by atoms with Crippen molar-refractivity contribution >= 4 is 61.9 Å². The number of sulfone groups is 1. The van der Waals surface area contributed by atoms with E-state index < -0.39 is 15.1 Å². The van der Waals surface area contributed by atoms with Crippen molar-refractivity contribution < 1.29 is 13.2 Å². The van der Waals surface area contributed by atoms with Crippen LogP contribution >= 0.6 is 23.8 Å². The number of para-hydroxylation sites is 1. The van der Waals surface area contributed by atoms with Crippen LogP contribution in [0.25, 0.3) is 0 Å². The van der Waals surface area contributed by atoms with Gasteiger partial charge in [0.05, 0.1) is 34.8 Å². The van der Waals surface area contributed by atoms with Gasteiger partial charge in [-0.05, 0) is 69.2 Å². The van der Waals surface area contributed by atoms with Gasteiger partial charge >= 0.3 is 0 Å². The summed E-state index contributed by atoms with van der Waals surface area (Å²) in [6.45, 7) is 6.70. The average Bonchev–Trinajstić information content (AvgIpc) is 2.86. The first kappa shape index (κ1) is 28.4. The number of aromatic nitrogens is 2. The van der Waals surface area contributed by atoms with Crippen molar-refractivity contribution in [2.75, 3.05) is 30.8 Å². The molecule has 3 rings (SSSR count). The Bertz CT molecular complexity index is 1350. The summed E-state index contributed by atoms with van der Waals surface area (Å²) >= 11 is 11.6. The summed E-state index contributed by atoms with van der Waals surface area (Å²) in [5, 5.41) is 12.7. The summed E-state index contributed by atoms with van der Waals surface area (Å²) < 4.78 is 31.2. The molecular weight excluding hydrogens is 532 g/mol. The largest absolute Gasteiger partial charge is 0.495 e. The number of anilines is 4. The van der Waals surface area contributed by atoms with Crippen molar-refractivity contribution in [3.05, 3.63) is 59.2 Å². The van der Waals surface area contributed by atoms with Crippen molar-refractivity contribution in [2.24, 2.45) is 0 Å². The van der Waals surface area contributed by atoms with Crippen molar-refractivity contribution in [1.29, 1.82) is 0 Å². The van der Waals surface area contributed by atoms with Crippen molar-refractivity contribution in [3.8, 4) is 5.75 Å². The molecule has 0 saturated heterocycles. The van der Waals surface area contributed by atoms with E-state index in [1.807, 2.05) is 25.1 Å². The first-order valence-corrected chi connectivity index (χ1v) is 14.1. The fourth-order valence-corrected chi connectivity index (χ4v) is 4.97. The first-order valence-electron chi connectivity index (χ1n) is 11.7. The molecule has 0 spiro atoms. The number of thiocarbonyl (C=S) groups is 1. The SMILES string of the molecule is CCNC(=S)NCCc1ccc(OC)c(Nc2ncc(Cl)c(Nc3ccccc3S(=O)(=O)C(C)C)n2)c1. The van der Waals surface area contributed by atoms with Gasteiger partial charge in [0, 0.05) is 13.1 Å². The predicted octanol–water partition coefficient (Wildman–Crippen LogP) is 4.83. The lowest BCUT2D eigenvalue weighted by Gasteiger charge is -2.16. The fourth-order valence-electron chi connectivity index (χ4n) is 3.39. The molecule has 2 aromatic carbocycles. The Kier molecular flexibility index (Phi) is 9.90. The lowest BCUT2D eigenvalue weighted by atomic mass is 10.1. The van der Waals surface area contributed by atoms with Gasteiger partial charge in [-0.3, -0.25) is 0 Å². The summed E-state index contributed by atoms with van der Waals surface area (Å²) in [5.41, 5.74) is 2.10. The molecule has 0 atom stereocenters. The van der Waals surface area contributed by atoms with Crippen LogP contribution in [0.4, 0.5) is 23.1 Å². The van der Waals surface area contributed by atoms with Crippen LogP contribution in [-0.2, 0) is 16.3 Å². The number of nitrogens with zero attached hydrogens (tertiary/aromatic N) is 2. The van der Waals surface area contributed by atoms with Gasteiger partial charge in [0.2, 0.25) is 5.95 Å². The second-order valence-electron chi connectivity index (χ2n) is 8.30. The second kappa shape index (κ2) is 12.9. The lowest BCUT2D eigenvalue weighted by molar-refractivity contribution is 0.416. The van der Waals surface area contributed by atoms with Crippen LogP contribution in [-0.4, -0.2) is 48.9 Å². The second-order valence-corrected chi connectivity index (χ2v) is 11.6. The smallest absolute Gasteiger partial charge is 0.229 e. The zero-order valence-corrected chi connectivity index (χ0v) is 23.5. The summed E-state index contributed by atoms with van der Waals surface area (Å²) in [6.07, 6.45) is 2.18. The normalized spacial score (nSPS) is 11.2. The number of benzene rings is 2. The van der Waals surface area contributed by atoms with E-state index in [0.717, 1.165) is 18.5 Å². The molecule has 0 saturated carbocycles. The van der Waals surface area contributed by atoms with E-state index in [0.29, 0.717) is 28.8 Å². The molecule has 0 unspecified atom stereocenters. The third-order valence-corrected chi connectivity index (χ3v) is 8.13. The highest BCUT2D eigenvalue weighted by Gasteiger charge is 2.23. The van der Waals surface area contributed by atoms with Gasteiger partial charge in [0.25, 0.3) is 0 Å². The fraction of sp³-hybridized carbons (Fsp3) is 0.320. The molecule has 1 heterocycles. The van der Waals surface area contributed by atoms with Gasteiger partial charge < -0.3 is 26.0 Å². The standard InChI is InChI=1S/C25H31ClN6O3S2/c1-5-27-25(36)28-13-12-17-10-11-21(35-4)20(14-17)31-24-29-15-18(26)23(32-24)30-19-8-6-7-9-22(19)37(33,34)16(2)3/h6-11,14-16H,5,12-13H2,1-4H3,(H2,27,28,36)(H2,29,30,31,32). The van der Waals surface area contributed by atoms with Gasteiger partial charge in [-0.25, -0.2) is 13.4 Å². The highest BCUT2D eigenvalue weighted by Crippen LogP contribution is 2.32. The summed E-state index contributed by atoms with van der Waals surface area (Å²) in [5.74, 6) is 1.14. The molecule has 37 heavy (non-hydrogen) atoms. The minimum Gasteiger partial charge on any atom is -0.495 e. The molecule has 1 aromatic heterocycles. The molecule has 0 amide bonds. The third-order valence-electron chi connectivity index (χ3n) is 5.36. The van der Waals surface area contributed by atoms with E-state index in [-0.39, 0.29) is 21.7 Å². The molecule has 0 radical (unpaired) electrons. The molecule has 0 aliphatic rings. The monoisotopic (exact) mass is 562 g/mol. The molecule has 0 fully saturated rings. The molecule has 4 N–H and O–H groups in total. The maximum Gasteiger partial charge on any atom is 0.229 e. The Morgan fingerprint density at radius 1 is 1.11 bits per heavy atom. The van der Waals surface area contributed by atoms with Gasteiger partial charge in [0.15, 0.2) is 20.8 Å². The van der Waals surface area contributed by atoms with E-state index in [2.05, 4.69) is 31.2 Å². The number of halogens is 1. The summed E-state index contributed by atoms with van der Waals surface area (Å²) in [4.78, 5) is 8.94. The van der Waals surface area contributed by atoms with Crippen molar-refractivity contribution in [3.63, 3.8) is 0 Å². The average molecular weight is 563 g/mol. The number of rotatable bonds is 11. The van der Waals surface area contributed by atoms with Crippen LogP contribution in [0.15, 0.2) is 53.6 Å². The van der Waals surface area contributed by atoms with E-state index in [9.17, 15) is 8.42 Å². The highest BCUT2D eigenvalue weighted by atomic mass is 35.5. The molecule has 3 aromatic rings. The van der Waals surface area contributed by atoms with Crippen LogP contribution in [0.1, 0.15) is 26.3 Å². The van der Waals surface area contributed by atoms with Crippen molar-refractivity contribution in [2.45, 2.75) is 37.3 Å². The lowest BCUT2D eigenvalue weighted by Crippen LogP contribution is -2.36. The van der Waals surface area contributed by atoms with E-state index in [1.54, 1.807) is 45.2 Å². The number of hydrogen-bond donors (Lipinski definition) is 4. The molecule has 0 aliphatic heterocycles. The summed E-state index contributed by atoms with van der Waals surface area (Å²) in [7, 11) is -1.95. The van der Waals surface area contributed by atoms with Crippen LogP contribution in [0.3, 0.4) is 0 Å². The van der Waals surface area contributed by atoms with E-state index in [1.165, 1.54) is 6.20 Å². The zero-order chi connectivity index (χ0) is 27.0. The minimum atomic E-state index is -3.53. The third kappa shape index (κ3) is 7.43. The quantitative estimate of drug-likeness (QED) is 0.242. The van der Waals surface area contributed by atoms with Crippen molar-refractivity contribution in [1.82, 2.24) is 20.6 Å². The molecule has 198 valence electrons. The topological polar surface area (TPSA) is 117 Å². The van der Waals surface area contributed by atoms with Gasteiger partial charge in [-0.15, -0.1) is 0 Å². The van der Waals surface area contributed by atoms with Crippen LogP contribution in [0, 0.1) is 0 Å². The molecule has 9 nitrogen and oxygen atoms in total. The Morgan fingerprint density at radius 2 is 1.86 bits per heavy atom. The van der Waals surface area contributed by atoms with Gasteiger partial charge in [-0.1, -0.05) is 29.8 Å². The Labute approximate surface area is 228 Å². The molecule has 0 bridgehead atoms. The number of methoxy groups -OCH3 is 1. The maximum atomic E-state index is 12.8. The maximum absolute atomic E-state index is 12.8. The zero-order valence-electron chi connectivity index (χ0n) is 21.1. The van der Waals surface area contributed by atoms with Gasteiger partial charge in [-0.2, -0.15) is 4.98 Å². The Morgan fingerprint density at radius 3 is 2.57 bits per heavy atom. The van der Waals surface area contributed by atoms with E-state index in [4.69, 9.17) is 28.6 Å². The molecular formula is C25H31ClN6O3S2. The Hall–Kier alpha value is -3.15. The minimum absolute atomic E-state index is 0.172. The number of hydrogen-bond acceptors (Lipinski definition) is 8. The highest BCUT2D eigenvalue weighted by molar-refractivity contribution is 7.92. The van der Waals surface area contributed by atoms with Crippen LogP contribution in [0.2, 0.25) is 5.02 Å². The number of ether oxygens (including phenoxy) is 1. The predicted molar refractivity (Wildman–Crippen MR) is 153 cm³/mol. The first-order chi connectivity index (χ1) is 17.6. The summed E-state index contributed by atoms with van der Waals surface area (Å²) in [6, 6.07) is 12.4. The number of nitrogens with one attached hydrogen (secondary N) is 4.